The summed E-state index contributed by atoms with van der Waals surface area (Å²) in [5.41, 5.74) is 3.11. The maximum absolute atomic E-state index is 10.2. The molecule has 1 aromatic heterocycles. The number of hydrogen-bond acceptors (Lipinski definition) is 7. The zero-order valence-electron chi connectivity index (χ0n) is 19.1. The lowest BCUT2D eigenvalue weighted by atomic mass is 9.99. The molecule has 2 heterocycles. The van der Waals surface area contributed by atoms with E-state index in [0.29, 0.717) is 5.75 Å². The third-order valence-corrected chi connectivity index (χ3v) is 6.03. The van der Waals surface area contributed by atoms with Crippen LogP contribution < -0.4 is 14.0 Å². The van der Waals surface area contributed by atoms with Crippen molar-refractivity contribution in [3.8, 4) is 11.5 Å². The monoisotopic (exact) mass is 468 g/mol. The number of aliphatic hydroxyl groups excluding tert-OH is 4. The molecule has 1 aliphatic heterocycles. The summed E-state index contributed by atoms with van der Waals surface area (Å²) in [6.45, 7) is 2.47. The van der Waals surface area contributed by atoms with Gasteiger partial charge in [-0.15, -0.1) is 0 Å². The molecule has 0 unspecified atom stereocenters. The van der Waals surface area contributed by atoms with E-state index in [2.05, 4.69) is 35.9 Å². The van der Waals surface area contributed by atoms with Crippen molar-refractivity contribution in [2.75, 3.05) is 13.7 Å². The third-order valence-electron chi connectivity index (χ3n) is 6.03. The molecule has 34 heavy (non-hydrogen) atoms. The van der Waals surface area contributed by atoms with Crippen molar-refractivity contribution >= 4 is 23.1 Å². The van der Waals surface area contributed by atoms with E-state index in [9.17, 15) is 20.4 Å². The Bertz CT molecular complexity index is 1160. The highest BCUT2D eigenvalue weighted by Gasteiger charge is 2.44. The quantitative estimate of drug-likeness (QED) is 0.389. The van der Waals surface area contributed by atoms with E-state index in [0.717, 1.165) is 28.6 Å². The molecule has 5 atom stereocenters. The first-order chi connectivity index (χ1) is 16.5. The lowest BCUT2D eigenvalue weighted by molar-refractivity contribution is -0.667. The number of aromatic nitrogens is 1. The predicted octanol–water partition coefficient (Wildman–Crippen LogP) is 1.50. The maximum atomic E-state index is 10.2. The van der Waals surface area contributed by atoms with Gasteiger partial charge in [-0.3, -0.25) is 0 Å². The lowest BCUT2D eigenvalue weighted by Crippen LogP contribution is -2.60. The molecule has 0 bridgehead atoms. The highest BCUT2D eigenvalue weighted by Crippen LogP contribution is 2.32. The van der Waals surface area contributed by atoms with E-state index >= 15 is 0 Å². The largest absolute Gasteiger partial charge is 0.493 e. The van der Waals surface area contributed by atoms with Gasteiger partial charge in [0.25, 0.3) is 0 Å². The topological polar surface area (TPSA) is 112 Å². The van der Waals surface area contributed by atoms with Gasteiger partial charge in [-0.25, -0.2) is 0 Å². The summed E-state index contributed by atoms with van der Waals surface area (Å²) in [6.07, 6.45) is -0.728. The van der Waals surface area contributed by atoms with Crippen LogP contribution in [0.3, 0.4) is 0 Å². The number of benzene rings is 2. The van der Waals surface area contributed by atoms with E-state index in [1.165, 1.54) is 7.11 Å². The molecule has 180 valence electrons. The first-order valence-electron chi connectivity index (χ1n) is 11.2. The number of pyridine rings is 1. The number of methoxy groups -OCH3 is 1. The summed E-state index contributed by atoms with van der Waals surface area (Å²) in [7, 11) is 1.50. The van der Waals surface area contributed by atoms with E-state index in [1.54, 1.807) is 12.1 Å². The molecule has 0 amide bonds. The minimum atomic E-state index is -1.52. The third kappa shape index (κ3) is 4.77. The Kier molecular flexibility index (Phi) is 7.45. The van der Waals surface area contributed by atoms with Gasteiger partial charge in [0.1, 0.15) is 31.0 Å². The van der Waals surface area contributed by atoms with Gasteiger partial charge in [-0.1, -0.05) is 30.4 Å². The van der Waals surface area contributed by atoms with Crippen LogP contribution in [0.4, 0.5) is 0 Å². The standard InChI is InChI=1S/C26H30NO7/c1-3-27-13-12-17(18-6-4-5-7-19(18)27)10-8-16-9-11-20(21(14-16)32-2)33-26-25(31)24(30)23(29)22(15-28)34-26/h4-14,22-26,28-31H,3,15H2,1-2H3/q+1/b10-8+/t22-,23+,24+,25-,26-/m1/s1. The van der Waals surface area contributed by atoms with Gasteiger partial charge in [-0.05, 0) is 36.2 Å². The normalized spacial score (nSPS) is 25.1. The first kappa shape index (κ1) is 24.1. The number of para-hydroxylation sites is 1. The molecule has 0 saturated carbocycles. The molecule has 1 fully saturated rings. The lowest BCUT2D eigenvalue weighted by Gasteiger charge is -2.39. The Balaban J connectivity index is 1.56. The van der Waals surface area contributed by atoms with Gasteiger partial charge < -0.3 is 34.6 Å². The Hall–Kier alpha value is -3.01. The fourth-order valence-corrected chi connectivity index (χ4v) is 4.09. The first-order valence-corrected chi connectivity index (χ1v) is 11.2. The van der Waals surface area contributed by atoms with Crippen LogP contribution in [0.2, 0.25) is 0 Å². The summed E-state index contributed by atoms with van der Waals surface area (Å²) in [5.74, 6) is 0.694. The van der Waals surface area contributed by atoms with Gasteiger partial charge in [0, 0.05) is 12.1 Å². The van der Waals surface area contributed by atoms with E-state index in [4.69, 9.17) is 14.2 Å². The van der Waals surface area contributed by atoms with Crippen molar-refractivity contribution in [2.24, 2.45) is 0 Å². The van der Waals surface area contributed by atoms with E-state index in [-0.39, 0.29) is 5.75 Å². The summed E-state index contributed by atoms with van der Waals surface area (Å²) < 4.78 is 18.8. The van der Waals surface area contributed by atoms with Gasteiger partial charge in [0.2, 0.25) is 11.8 Å². The van der Waals surface area contributed by atoms with Gasteiger partial charge >= 0.3 is 0 Å². The minimum Gasteiger partial charge on any atom is -0.493 e. The Morgan fingerprint density at radius 2 is 1.76 bits per heavy atom. The SMILES string of the molecule is CC[n+]1ccc(/C=C/c2ccc(O[C@@H]3O[C@H](CO)[C@H](O)[C@H](O)[C@H]3O)c(OC)c2)c2ccccc21. The van der Waals surface area contributed by atoms with Gasteiger partial charge in [0.05, 0.1) is 19.1 Å². The maximum Gasteiger partial charge on any atom is 0.229 e. The smallest absolute Gasteiger partial charge is 0.229 e. The van der Waals surface area contributed by atoms with Crippen LogP contribution in [0.25, 0.3) is 23.1 Å². The molecule has 8 heteroatoms. The molecule has 1 aliphatic rings. The number of aryl methyl sites for hydroxylation is 1. The van der Waals surface area contributed by atoms with Crippen molar-refractivity contribution in [2.45, 2.75) is 44.2 Å². The minimum absolute atomic E-state index is 0.290. The summed E-state index contributed by atoms with van der Waals surface area (Å²) in [5, 5.41) is 40.7. The summed E-state index contributed by atoms with van der Waals surface area (Å²) >= 11 is 0. The number of aliphatic hydroxyl groups is 4. The second kappa shape index (κ2) is 10.5. The van der Waals surface area contributed by atoms with Crippen molar-refractivity contribution in [3.63, 3.8) is 0 Å². The number of nitrogens with zero attached hydrogens (tertiary/aromatic N) is 1. The second-order valence-corrected chi connectivity index (χ2v) is 8.13. The molecular weight excluding hydrogens is 438 g/mol. The molecule has 2 aromatic carbocycles. The Morgan fingerprint density at radius 1 is 0.971 bits per heavy atom. The van der Waals surface area contributed by atoms with E-state index < -0.39 is 37.3 Å². The number of rotatable bonds is 7. The average molecular weight is 469 g/mol. The number of ether oxygens (including phenoxy) is 3. The molecule has 8 nitrogen and oxygen atoms in total. The highest BCUT2D eigenvalue weighted by atomic mass is 16.7. The average Bonchev–Trinajstić information content (AvgIpc) is 2.87. The summed E-state index contributed by atoms with van der Waals surface area (Å²) in [6, 6.07) is 15.6. The van der Waals surface area contributed by atoms with Gasteiger partial charge in [0.15, 0.2) is 17.7 Å². The highest BCUT2D eigenvalue weighted by molar-refractivity contribution is 5.88. The van der Waals surface area contributed by atoms with Crippen molar-refractivity contribution < 1.29 is 39.2 Å². The molecule has 0 radical (unpaired) electrons. The van der Waals surface area contributed by atoms with Crippen LogP contribution in [-0.2, 0) is 11.3 Å². The van der Waals surface area contributed by atoms with Crippen LogP contribution in [0.5, 0.6) is 11.5 Å². The Morgan fingerprint density at radius 3 is 2.50 bits per heavy atom. The fraction of sp³-hybridized carbons (Fsp3) is 0.346. The number of hydrogen-bond donors (Lipinski definition) is 4. The molecule has 4 rings (SSSR count). The van der Waals surface area contributed by atoms with Crippen LogP contribution in [0, 0.1) is 0 Å². The molecule has 0 spiro atoms. The molecule has 0 aliphatic carbocycles. The van der Waals surface area contributed by atoms with Crippen LogP contribution in [0.15, 0.2) is 54.7 Å². The molecule has 1 saturated heterocycles. The van der Waals surface area contributed by atoms with E-state index in [1.807, 2.05) is 30.4 Å². The molecule has 4 N–H and O–H groups in total. The number of fused-ring (bicyclic) bond motifs is 1. The summed E-state index contributed by atoms with van der Waals surface area (Å²) in [4.78, 5) is 0. The van der Waals surface area contributed by atoms with Crippen molar-refractivity contribution in [3.05, 3.63) is 65.9 Å². The molecule has 3 aromatic rings. The van der Waals surface area contributed by atoms with Crippen LogP contribution >= 0.6 is 0 Å². The predicted molar refractivity (Wildman–Crippen MR) is 126 cm³/mol. The molecular formula is C26H30NO7+. The Labute approximate surface area is 197 Å². The second-order valence-electron chi connectivity index (χ2n) is 8.13. The van der Waals surface area contributed by atoms with Crippen LogP contribution in [-0.4, -0.2) is 64.8 Å². The van der Waals surface area contributed by atoms with Crippen molar-refractivity contribution in [1.82, 2.24) is 0 Å². The van der Waals surface area contributed by atoms with Crippen molar-refractivity contribution in [1.29, 1.82) is 0 Å². The fourth-order valence-electron chi connectivity index (χ4n) is 4.09. The zero-order valence-corrected chi connectivity index (χ0v) is 19.1. The van der Waals surface area contributed by atoms with Crippen LogP contribution in [0.1, 0.15) is 18.1 Å². The zero-order chi connectivity index (χ0) is 24.2. The van der Waals surface area contributed by atoms with Gasteiger partial charge in [-0.2, -0.15) is 4.57 Å².